The summed E-state index contributed by atoms with van der Waals surface area (Å²) in [6, 6.07) is 8.31. The van der Waals surface area contributed by atoms with Gasteiger partial charge in [0.05, 0.1) is 6.54 Å². The molecule has 0 saturated carbocycles. The van der Waals surface area contributed by atoms with Crippen LogP contribution >= 0.6 is 0 Å². The minimum absolute atomic E-state index is 0.0966. The highest BCUT2D eigenvalue weighted by atomic mass is 16.5. The van der Waals surface area contributed by atoms with E-state index in [1.54, 1.807) is 14.2 Å². The molecule has 0 aromatic heterocycles. The average Bonchev–Trinajstić information content (AvgIpc) is 2.60. The van der Waals surface area contributed by atoms with E-state index in [-0.39, 0.29) is 12.5 Å². The lowest BCUT2D eigenvalue weighted by Gasteiger charge is -2.29. The third-order valence-electron chi connectivity index (χ3n) is 3.93. The molecule has 6 nitrogen and oxygen atoms in total. The maximum Gasteiger partial charge on any atom is 0.242 e. The Morgan fingerprint density at radius 3 is 2.83 bits per heavy atom. The first kappa shape index (κ1) is 17.3. The minimum Gasteiger partial charge on any atom is -0.385 e. The molecule has 0 radical (unpaired) electrons. The molecular weight excluding hydrogens is 292 g/mol. The van der Waals surface area contributed by atoms with Crippen LogP contribution in [0.5, 0.6) is 0 Å². The van der Waals surface area contributed by atoms with Crippen molar-refractivity contribution >= 4 is 11.9 Å². The largest absolute Gasteiger partial charge is 0.385 e. The molecule has 126 valence electrons. The molecule has 1 aromatic rings. The zero-order valence-electron chi connectivity index (χ0n) is 14.0. The standard InChI is InChI=1S/C17H26N4O2/c1-18-17(19-9-5-11-23-2)20-12-16(22)21-10-8-14-6-3-4-7-15(14)13-21/h3-4,6-7H,5,8-13H2,1-2H3,(H2,18,19,20). The molecule has 0 unspecified atom stereocenters. The topological polar surface area (TPSA) is 66.0 Å². The molecule has 0 bridgehead atoms. The maximum atomic E-state index is 12.4. The number of aliphatic imine (C=N–C) groups is 1. The second-order valence-electron chi connectivity index (χ2n) is 5.53. The van der Waals surface area contributed by atoms with E-state index >= 15 is 0 Å². The fraction of sp³-hybridized carbons (Fsp3) is 0.529. The third kappa shape index (κ3) is 5.25. The van der Waals surface area contributed by atoms with Gasteiger partial charge in [0.1, 0.15) is 0 Å². The van der Waals surface area contributed by atoms with Crippen molar-refractivity contribution in [1.82, 2.24) is 15.5 Å². The predicted molar refractivity (Wildman–Crippen MR) is 91.4 cm³/mol. The molecule has 0 saturated heterocycles. The van der Waals surface area contributed by atoms with Crippen molar-refractivity contribution in [3.8, 4) is 0 Å². The van der Waals surface area contributed by atoms with E-state index in [2.05, 4.69) is 33.8 Å². The lowest BCUT2D eigenvalue weighted by atomic mass is 10.00. The monoisotopic (exact) mass is 318 g/mol. The maximum absolute atomic E-state index is 12.4. The van der Waals surface area contributed by atoms with Gasteiger partial charge in [0.15, 0.2) is 5.96 Å². The van der Waals surface area contributed by atoms with Crippen LogP contribution in [0.3, 0.4) is 0 Å². The fourth-order valence-corrected chi connectivity index (χ4v) is 2.62. The quantitative estimate of drug-likeness (QED) is 0.462. The molecule has 0 spiro atoms. The van der Waals surface area contributed by atoms with E-state index in [4.69, 9.17) is 4.74 Å². The van der Waals surface area contributed by atoms with Gasteiger partial charge in [-0.2, -0.15) is 0 Å². The smallest absolute Gasteiger partial charge is 0.242 e. The van der Waals surface area contributed by atoms with Gasteiger partial charge in [-0.3, -0.25) is 9.79 Å². The van der Waals surface area contributed by atoms with Crippen LogP contribution in [0.15, 0.2) is 29.3 Å². The van der Waals surface area contributed by atoms with Crippen LogP contribution in [0.25, 0.3) is 0 Å². The first-order valence-corrected chi connectivity index (χ1v) is 8.02. The van der Waals surface area contributed by atoms with Gasteiger partial charge in [0.2, 0.25) is 5.91 Å². The van der Waals surface area contributed by atoms with E-state index in [0.717, 1.165) is 25.9 Å². The molecule has 0 fully saturated rings. The van der Waals surface area contributed by atoms with Gasteiger partial charge in [0.25, 0.3) is 0 Å². The second-order valence-corrected chi connectivity index (χ2v) is 5.53. The molecule has 23 heavy (non-hydrogen) atoms. The number of methoxy groups -OCH3 is 1. The van der Waals surface area contributed by atoms with E-state index in [1.807, 2.05) is 11.0 Å². The van der Waals surface area contributed by atoms with E-state index < -0.39 is 0 Å². The van der Waals surface area contributed by atoms with Crippen molar-refractivity contribution in [2.24, 2.45) is 4.99 Å². The number of benzene rings is 1. The Balaban J connectivity index is 1.76. The number of carbonyl (C=O) groups excluding carboxylic acids is 1. The third-order valence-corrected chi connectivity index (χ3v) is 3.93. The lowest BCUT2D eigenvalue weighted by molar-refractivity contribution is -0.130. The normalized spacial score (nSPS) is 14.3. The van der Waals surface area contributed by atoms with Crippen LogP contribution < -0.4 is 10.6 Å². The molecule has 1 heterocycles. The van der Waals surface area contributed by atoms with Gasteiger partial charge in [-0.1, -0.05) is 24.3 Å². The molecule has 2 N–H and O–H groups in total. The fourth-order valence-electron chi connectivity index (χ4n) is 2.62. The molecule has 0 aliphatic carbocycles. The van der Waals surface area contributed by atoms with Crippen LogP contribution in [0, 0.1) is 0 Å². The van der Waals surface area contributed by atoms with Crippen LogP contribution in [0.1, 0.15) is 17.5 Å². The Bertz CT molecular complexity index is 545. The Hall–Kier alpha value is -2.08. The highest BCUT2D eigenvalue weighted by Gasteiger charge is 2.20. The Kier molecular flexibility index (Phi) is 6.87. The molecule has 1 aromatic carbocycles. The zero-order chi connectivity index (χ0) is 16.5. The van der Waals surface area contributed by atoms with Gasteiger partial charge in [-0.15, -0.1) is 0 Å². The van der Waals surface area contributed by atoms with Gasteiger partial charge in [-0.25, -0.2) is 0 Å². The summed E-state index contributed by atoms with van der Waals surface area (Å²) >= 11 is 0. The molecular formula is C17H26N4O2. The van der Waals surface area contributed by atoms with E-state index in [1.165, 1.54) is 11.1 Å². The lowest BCUT2D eigenvalue weighted by Crippen LogP contribution is -2.46. The first-order valence-electron chi connectivity index (χ1n) is 8.02. The van der Waals surface area contributed by atoms with Gasteiger partial charge < -0.3 is 20.3 Å². The average molecular weight is 318 g/mol. The van der Waals surface area contributed by atoms with Crippen molar-refractivity contribution < 1.29 is 9.53 Å². The van der Waals surface area contributed by atoms with Crippen molar-refractivity contribution in [2.75, 3.05) is 40.4 Å². The predicted octanol–water partition coefficient (Wildman–Crippen LogP) is 0.773. The van der Waals surface area contributed by atoms with Crippen molar-refractivity contribution in [3.63, 3.8) is 0 Å². The van der Waals surface area contributed by atoms with E-state index in [0.29, 0.717) is 19.1 Å². The second kappa shape index (κ2) is 9.15. The number of nitrogens with one attached hydrogen (secondary N) is 2. The van der Waals surface area contributed by atoms with E-state index in [9.17, 15) is 4.79 Å². The number of hydrogen-bond donors (Lipinski definition) is 2. The summed E-state index contributed by atoms with van der Waals surface area (Å²) in [5, 5.41) is 6.24. The summed E-state index contributed by atoms with van der Waals surface area (Å²) in [6.07, 6.45) is 1.82. The number of hydrogen-bond acceptors (Lipinski definition) is 3. The van der Waals surface area contributed by atoms with Crippen molar-refractivity contribution in [1.29, 1.82) is 0 Å². The number of amides is 1. The van der Waals surface area contributed by atoms with Crippen molar-refractivity contribution in [2.45, 2.75) is 19.4 Å². The molecule has 6 heteroatoms. The summed E-state index contributed by atoms with van der Waals surface area (Å²) in [5.74, 6) is 0.742. The molecule has 2 rings (SSSR count). The molecule has 0 atom stereocenters. The number of carbonyl (C=O) groups is 1. The SMILES string of the molecule is CN=C(NCCCOC)NCC(=O)N1CCc2ccccc2C1. The molecule has 1 amide bonds. The molecule has 1 aliphatic heterocycles. The van der Waals surface area contributed by atoms with Crippen LogP contribution in [-0.4, -0.2) is 57.2 Å². The number of fused-ring (bicyclic) bond motifs is 1. The van der Waals surface area contributed by atoms with Gasteiger partial charge >= 0.3 is 0 Å². The van der Waals surface area contributed by atoms with Crippen LogP contribution in [0.2, 0.25) is 0 Å². The summed E-state index contributed by atoms with van der Waals surface area (Å²) in [5.41, 5.74) is 2.59. The van der Waals surface area contributed by atoms with Gasteiger partial charge in [-0.05, 0) is 24.0 Å². The Morgan fingerprint density at radius 1 is 1.30 bits per heavy atom. The number of ether oxygens (including phenoxy) is 1. The zero-order valence-corrected chi connectivity index (χ0v) is 14.0. The summed E-state index contributed by atoms with van der Waals surface area (Å²) < 4.78 is 5.00. The van der Waals surface area contributed by atoms with Gasteiger partial charge in [0, 0.05) is 40.4 Å². The minimum atomic E-state index is 0.0966. The number of rotatable bonds is 6. The molecule has 1 aliphatic rings. The van der Waals surface area contributed by atoms with Crippen LogP contribution in [-0.2, 0) is 22.5 Å². The summed E-state index contributed by atoms with van der Waals surface area (Å²) in [7, 11) is 3.38. The Morgan fingerprint density at radius 2 is 2.09 bits per heavy atom. The summed E-state index contributed by atoms with van der Waals surface area (Å²) in [6.45, 7) is 3.19. The van der Waals surface area contributed by atoms with Crippen LogP contribution in [0.4, 0.5) is 0 Å². The number of guanidine groups is 1. The first-order chi connectivity index (χ1) is 11.2. The highest BCUT2D eigenvalue weighted by Crippen LogP contribution is 2.18. The number of nitrogens with zero attached hydrogens (tertiary/aromatic N) is 2. The van der Waals surface area contributed by atoms with Crippen molar-refractivity contribution in [3.05, 3.63) is 35.4 Å². The summed E-state index contributed by atoms with van der Waals surface area (Å²) in [4.78, 5) is 18.4. The Labute approximate surface area is 137 Å². The highest BCUT2D eigenvalue weighted by molar-refractivity contribution is 5.86.